The Labute approximate surface area is 93.8 Å². The highest BCUT2D eigenvalue weighted by Crippen LogP contribution is 2.42. The second kappa shape index (κ2) is 4.06. The van der Waals surface area contributed by atoms with Gasteiger partial charge in [-0.1, -0.05) is 26.7 Å². The van der Waals surface area contributed by atoms with Gasteiger partial charge in [-0.15, -0.1) is 0 Å². The summed E-state index contributed by atoms with van der Waals surface area (Å²) in [5.41, 5.74) is 0.129. The molecular weight excluding hydrogens is 186 g/mol. The molecule has 1 saturated heterocycles. The highest BCUT2D eigenvalue weighted by molar-refractivity contribution is 4.98. The van der Waals surface area contributed by atoms with Crippen LogP contribution in [0.2, 0.25) is 0 Å². The molecule has 5 atom stereocenters. The van der Waals surface area contributed by atoms with Crippen molar-refractivity contribution in [3.63, 3.8) is 0 Å². The third-order valence-electron chi connectivity index (χ3n) is 4.79. The van der Waals surface area contributed by atoms with E-state index in [1.807, 2.05) is 0 Å². The van der Waals surface area contributed by atoms with Crippen molar-refractivity contribution in [1.29, 1.82) is 0 Å². The minimum atomic E-state index is 0.129. The Kier molecular flexibility index (Phi) is 3.09. The summed E-state index contributed by atoms with van der Waals surface area (Å²) in [7, 11) is 0. The largest absolute Gasteiger partial charge is 0.369 e. The molecule has 2 aliphatic rings. The zero-order valence-corrected chi connectivity index (χ0v) is 10.5. The molecule has 1 heterocycles. The molecule has 2 fully saturated rings. The van der Waals surface area contributed by atoms with Crippen LogP contribution in [-0.2, 0) is 4.74 Å². The molecular formula is C13H25NO. The summed E-state index contributed by atoms with van der Waals surface area (Å²) in [5, 5.41) is 3.62. The first-order valence-electron chi connectivity index (χ1n) is 6.46. The summed E-state index contributed by atoms with van der Waals surface area (Å²) in [6.07, 6.45) is 4.29. The van der Waals surface area contributed by atoms with Gasteiger partial charge in [0.05, 0.1) is 11.7 Å². The smallest absolute Gasteiger partial charge is 0.0838 e. The molecule has 1 N–H and O–H groups in total. The van der Waals surface area contributed by atoms with E-state index in [0.29, 0.717) is 18.1 Å². The quantitative estimate of drug-likeness (QED) is 0.665. The number of hydrogen-bond acceptors (Lipinski definition) is 2. The number of nitrogens with one attached hydrogen (secondary N) is 1. The van der Waals surface area contributed by atoms with Crippen LogP contribution in [0.5, 0.6) is 0 Å². The van der Waals surface area contributed by atoms with Crippen molar-refractivity contribution in [1.82, 2.24) is 5.32 Å². The second-order valence-corrected chi connectivity index (χ2v) is 5.72. The SMILES string of the molecule is CC1CCCC2(CNC(C)C(C)O2)C1C. The van der Waals surface area contributed by atoms with Crippen LogP contribution in [-0.4, -0.2) is 24.3 Å². The van der Waals surface area contributed by atoms with E-state index in [4.69, 9.17) is 4.74 Å². The fourth-order valence-corrected chi connectivity index (χ4v) is 3.15. The van der Waals surface area contributed by atoms with Crippen LogP contribution >= 0.6 is 0 Å². The molecule has 5 unspecified atom stereocenters. The maximum atomic E-state index is 6.35. The van der Waals surface area contributed by atoms with Gasteiger partial charge in [0.2, 0.25) is 0 Å². The Morgan fingerprint density at radius 1 is 1.20 bits per heavy atom. The monoisotopic (exact) mass is 211 g/mol. The summed E-state index contributed by atoms with van der Waals surface area (Å²) in [6, 6.07) is 0.500. The zero-order valence-electron chi connectivity index (χ0n) is 10.5. The van der Waals surface area contributed by atoms with Gasteiger partial charge in [-0.05, 0) is 32.1 Å². The first kappa shape index (κ1) is 11.4. The Bertz CT molecular complexity index is 231. The molecule has 2 rings (SSSR count). The third kappa shape index (κ3) is 1.94. The minimum absolute atomic E-state index is 0.129. The van der Waals surface area contributed by atoms with E-state index in [9.17, 15) is 0 Å². The first-order valence-corrected chi connectivity index (χ1v) is 6.46. The molecule has 0 amide bonds. The first-order chi connectivity index (χ1) is 7.05. The highest BCUT2D eigenvalue weighted by Gasteiger charge is 2.46. The third-order valence-corrected chi connectivity index (χ3v) is 4.79. The summed E-state index contributed by atoms with van der Waals surface area (Å²) in [5.74, 6) is 1.50. The number of morpholine rings is 1. The Hall–Kier alpha value is -0.0800. The summed E-state index contributed by atoms with van der Waals surface area (Å²) in [4.78, 5) is 0. The van der Waals surface area contributed by atoms with Crippen LogP contribution in [0, 0.1) is 11.8 Å². The van der Waals surface area contributed by atoms with Gasteiger partial charge < -0.3 is 10.1 Å². The minimum Gasteiger partial charge on any atom is -0.369 e. The van der Waals surface area contributed by atoms with E-state index >= 15 is 0 Å². The second-order valence-electron chi connectivity index (χ2n) is 5.72. The van der Waals surface area contributed by atoms with E-state index in [2.05, 4.69) is 33.0 Å². The van der Waals surface area contributed by atoms with E-state index in [0.717, 1.165) is 12.5 Å². The fraction of sp³-hybridized carbons (Fsp3) is 1.00. The average Bonchev–Trinajstić information content (AvgIpc) is 2.21. The Balaban J connectivity index is 2.11. The molecule has 15 heavy (non-hydrogen) atoms. The van der Waals surface area contributed by atoms with Crippen molar-refractivity contribution in [2.45, 2.75) is 64.7 Å². The van der Waals surface area contributed by atoms with E-state index in [1.165, 1.54) is 19.3 Å². The topological polar surface area (TPSA) is 21.3 Å². The van der Waals surface area contributed by atoms with Crippen LogP contribution in [0.1, 0.15) is 47.0 Å². The maximum absolute atomic E-state index is 6.35. The molecule has 88 valence electrons. The van der Waals surface area contributed by atoms with Gasteiger partial charge in [0, 0.05) is 12.6 Å². The normalized spacial score (nSPS) is 52.0. The van der Waals surface area contributed by atoms with E-state index in [1.54, 1.807) is 0 Å². The standard InChI is InChI=1S/C13H25NO/c1-9-6-5-7-13(10(9)2)8-14-11(3)12(4)15-13/h9-12,14H,5-8H2,1-4H3. The Morgan fingerprint density at radius 3 is 2.60 bits per heavy atom. The predicted molar refractivity (Wildman–Crippen MR) is 62.9 cm³/mol. The average molecular weight is 211 g/mol. The molecule has 0 aromatic heterocycles. The van der Waals surface area contributed by atoms with Gasteiger partial charge in [-0.25, -0.2) is 0 Å². The van der Waals surface area contributed by atoms with Crippen LogP contribution < -0.4 is 5.32 Å². The van der Waals surface area contributed by atoms with Crippen LogP contribution in [0.3, 0.4) is 0 Å². The Morgan fingerprint density at radius 2 is 1.93 bits per heavy atom. The van der Waals surface area contributed by atoms with Gasteiger partial charge in [0.15, 0.2) is 0 Å². The number of rotatable bonds is 0. The molecule has 1 aliphatic heterocycles. The maximum Gasteiger partial charge on any atom is 0.0838 e. The number of hydrogen-bond donors (Lipinski definition) is 1. The lowest BCUT2D eigenvalue weighted by Gasteiger charge is -2.51. The lowest BCUT2D eigenvalue weighted by Crippen LogP contribution is -2.62. The molecule has 0 bridgehead atoms. The molecule has 0 aromatic carbocycles. The van der Waals surface area contributed by atoms with Crippen LogP contribution in [0.15, 0.2) is 0 Å². The van der Waals surface area contributed by atoms with Gasteiger partial charge in [-0.3, -0.25) is 0 Å². The molecule has 1 saturated carbocycles. The van der Waals surface area contributed by atoms with Crippen LogP contribution in [0.25, 0.3) is 0 Å². The fourth-order valence-electron chi connectivity index (χ4n) is 3.15. The molecule has 0 radical (unpaired) electrons. The van der Waals surface area contributed by atoms with Crippen LogP contribution in [0.4, 0.5) is 0 Å². The van der Waals surface area contributed by atoms with Gasteiger partial charge in [0.25, 0.3) is 0 Å². The number of ether oxygens (including phenoxy) is 1. The van der Waals surface area contributed by atoms with E-state index in [-0.39, 0.29) is 5.60 Å². The van der Waals surface area contributed by atoms with Crippen molar-refractivity contribution < 1.29 is 4.74 Å². The molecule has 1 spiro atoms. The molecule has 2 nitrogen and oxygen atoms in total. The summed E-state index contributed by atoms with van der Waals surface area (Å²) >= 11 is 0. The summed E-state index contributed by atoms with van der Waals surface area (Å²) < 4.78 is 6.35. The lowest BCUT2D eigenvalue weighted by atomic mass is 9.69. The zero-order chi connectivity index (χ0) is 11.1. The van der Waals surface area contributed by atoms with Gasteiger partial charge in [0.1, 0.15) is 0 Å². The molecule has 0 aromatic rings. The van der Waals surface area contributed by atoms with Gasteiger partial charge >= 0.3 is 0 Å². The predicted octanol–water partition coefficient (Wildman–Crippen LogP) is 2.58. The lowest BCUT2D eigenvalue weighted by molar-refractivity contribution is -0.176. The van der Waals surface area contributed by atoms with Crippen molar-refractivity contribution in [3.8, 4) is 0 Å². The molecule has 2 heteroatoms. The van der Waals surface area contributed by atoms with Gasteiger partial charge in [-0.2, -0.15) is 0 Å². The van der Waals surface area contributed by atoms with Crippen molar-refractivity contribution in [2.24, 2.45) is 11.8 Å². The summed E-state index contributed by atoms with van der Waals surface area (Å²) in [6.45, 7) is 10.2. The van der Waals surface area contributed by atoms with Crippen molar-refractivity contribution in [2.75, 3.05) is 6.54 Å². The van der Waals surface area contributed by atoms with E-state index < -0.39 is 0 Å². The van der Waals surface area contributed by atoms with Crippen molar-refractivity contribution in [3.05, 3.63) is 0 Å². The van der Waals surface area contributed by atoms with Crippen molar-refractivity contribution >= 4 is 0 Å². The molecule has 1 aliphatic carbocycles. The highest BCUT2D eigenvalue weighted by atomic mass is 16.5.